The fourth-order valence-corrected chi connectivity index (χ4v) is 3.91. The molecule has 114 valence electrons. The molecule has 0 aromatic carbocycles. The van der Waals surface area contributed by atoms with Gasteiger partial charge in [0.1, 0.15) is 0 Å². The summed E-state index contributed by atoms with van der Waals surface area (Å²) in [5.74, 6) is -0.690. The third-order valence-corrected chi connectivity index (χ3v) is 5.42. The van der Waals surface area contributed by atoms with Gasteiger partial charge >= 0.3 is 5.97 Å². The minimum Gasteiger partial charge on any atom is -0.476 e. The predicted octanol–water partition coefficient (Wildman–Crippen LogP) is 0.890. The molecule has 1 saturated heterocycles. The van der Waals surface area contributed by atoms with Gasteiger partial charge in [0.15, 0.2) is 5.69 Å². The molecule has 1 aliphatic heterocycles. The molecule has 0 radical (unpaired) electrons. The van der Waals surface area contributed by atoms with Crippen molar-refractivity contribution >= 4 is 23.2 Å². The first-order chi connectivity index (χ1) is 10.1. The zero-order chi connectivity index (χ0) is 14.9. The van der Waals surface area contributed by atoms with Crippen LogP contribution in [0.1, 0.15) is 34.8 Å². The number of thiazole rings is 1. The van der Waals surface area contributed by atoms with Crippen molar-refractivity contribution in [3.05, 3.63) is 16.1 Å². The zero-order valence-electron chi connectivity index (χ0n) is 11.7. The standard InChI is InChI=1S/C14H19N3O3S/c18-12(9-7-14(9)2-5-15-6-3-14)16-4-1-11-17-10(8-21-11)13(19)20/h8-9,15H,1-7H2,(H,16,18)(H,19,20). The maximum atomic E-state index is 12.1. The lowest BCUT2D eigenvalue weighted by Gasteiger charge is -2.23. The van der Waals surface area contributed by atoms with Gasteiger partial charge in [-0.1, -0.05) is 0 Å². The second kappa shape index (κ2) is 5.73. The fourth-order valence-electron chi connectivity index (χ4n) is 3.14. The number of hydrogen-bond acceptors (Lipinski definition) is 5. The van der Waals surface area contributed by atoms with Crippen LogP contribution in [0.5, 0.6) is 0 Å². The number of aromatic nitrogens is 1. The van der Waals surface area contributed by atoms with Crippen molar-refractivity contribution in [1.82, 2.24) is 15.6 Å². The Morgan fingerprint density at radius 2 is 2.24 bits per heavy atom. The van der Waals surface area contributed by atoms with Crippen LogP contribution < -0.4 is 10.6 Å². The third kappa shape index (κ3) is 3.08. The highest BCUT2D eigenvalue weighted by Crippen LogP contribution is 2.58. The van der Waals surface area contributed by atoms with Gasteiger partial charge in [0, 0.05) is 24.3 Å². The second-order valence-corrected chi connectivity index (χ2v) is 6.78. The normalized spacial score (nSPS) is 23.0. The van der Waals surface area contributed by atoms with Crippen LogP contribution in [0.2, 0.25) is 0 Å². The number of amides is 1. The number of piperidine rings is 1. The minimum absolute atomic E-state index is 0.0807. The topological polar surface area (TPSA) is 91.3 Å². The van der Waals surface area contributed by atoms with E-state index in [0.29, 0.717) is 13.0 Å². The van der Waals surface area contributed by atoms with E-state index in [1.54, 1.807) is 0 Å². The molecule has 21 heavy (non-hydrogen) atoms. The summed E-state index contributed by atoms with van der Waals surface area (Å²) in [7, 11) is 0. The van der Waals surface area contributed by atoms with Crippen molar-refractivity contribution in [2.75, 3.05) is 19.6 Å². The lowest BCUT2D eigenvalue weighted by molar-refractivity contribution is -0.123. The maximum absolute atomic E-state index is 12.1. The summed E-state index contributed by atoms with van der Waals surface area (Å²) in [5, 5.41) is 17.4. The highest BCUT2D eigenvalue weighted by Gasteiger charge is 2.57. The van der Waals surface area contributed by atoms with E-state index in [-0.39, 0.29) is 22.9 Å². The second-order valence-electron chi connectivity index (χ2n) is 5.84. The van der Waals surface area contributed by atoms with Gasteiger partial charge < -0.3 is 15.7 Å². The number of nitrogens with zero attached hydrogens (tertiary/aromatic N) is 1. The maximum Gasteiger partial charge on any atom is 0.355 e. The number of carboxylic acids is 1. The molecule has 1 amide bonds. The number of aromatic carboxylic acids is 1. The SMILES string of the molecule is O=C(O)c1csc(CCNC(=O)C2CC23CCNCC3)n1. The lowest BCUT2D eigenvalue weighted by atomic mass is 9.92. The molecule has 1 aliphatic carbocycles. The van der Waals surface area contributed by atoms with Gasteiger partial charge in [-0.25, -0.2) is 9.78 Å². The van der Waals surface area contributed by atoms with Gasteiger partial charge in [-0.3, -0.25) is 4.79 Å². The fraction of sp³-hybridized carbons (Fsp3) is 0.643. The summed E-state index contributed by atoms with van der Waals surface area (Å²) >= 11 is 1.32. The Balaban J connectivity index is 1.43. The molecule has 1 aromatic rings. The van der Waals surface area contributed by atoms with E-state index < -0.39 is 5.97 Å². The molecule has 7 heteroatoms. The molecule has 2 heterocycles. The Labute approximate surface area is 127 Å². The Kier molecular flexibility index (Phi) is 3.95. The number of nitrogens with one attached hydrogen (secondary N) is 2. The number of carboxylic acid groups (broad SMARTS) is 1. The van der Waals surface area contributed by atoms with Gasteiger partial charge in [-0.15, -0.1) is 11.3 Å². The quantitative estimate of drug-likeness (QED) is 0.751. The first kappa shape index (κ1) is 14.5. The summed E-state index contributed by atoms with van der Waals surface area (Å²) < 4.78 is 0. The van der Waals surface area contributed by atoms with Crippen LogP contribution in [0.15, 0.2) is 5.38 Å². The summed E-state index contributed by atoms with van der Waals surface area (Å²) in [5.41, 5.74) is 0.338. The Hall–Kier alpha value is -1.47. The smallest absolute Gasteiger partial charge is 0.355 e. The number of rotatable bonds is 5. The van der Waals surface area contributed by atoms with Gasteiger partial charge in [0.05, 0.1) is 5.01 Å². The van der Waals surface area contributed by atoms with E-state index in [0.717, 1.165) is 37.4 Å². The largest absolute Gasteiger partial charge is 0.476 e. The van der Waals surface area contributed by atoms with E-state index >= 15 is 0 Å². The minimum atomic E-state index is -1.01. The first-order valence-corrected chi connectivity index (χ1v) is 8.15. The summed E-state index contributed by atoms with van der Waals surface area (Å²) in [4.78, 5) is 26.9. The van der Waals surface area contributed by atoms with Crippen molar-refractivity contribution in [2.45, 2.75) is 25.7 Å². The average molecular weight is 309 g/mol. The van der Waals surface area contributed by atoms with Gasteiger partial charge in [-0.05, 0) is 37.8 Å². The third-order valence-electron chi connectivity index (χ3n) is 4.51. The van der Waals surface area contributed by atoms with E-state index in [9.17, 15) is 9.59 Å². The van der Waals surface area contributed by atoms with E-state index in [2.05, 4.69) is 15.6 Å². The monoisotopic (exact) mass is 309 g/mol. The average Bonchev–Trinajstić information content (AvgIpc) is 2.95. The molecule has 2 aliphatic rings. The predicted molar refractivity (Wildman–Crippen MR) is 78.4 cm³/mol. The zero-order valence-corrected chi connectivity index (χ0v) is 12.5. The van der Waals surface area contributed by atoms with Crippen molar-refractivity contribution in [3.8, 4) is 0 Å². The highest BCUT2D eigenvalue weighted by atomic mass is 32.1. The highest BCUT2D eigenvalue weighted by molar-refractivity contribution is 7.09. The van der Waals surface area contributed by atoms with Crippen molar-refractivity contribution in [2.24, 2.45) is 11.3 Å². The molecule has 1 spiro atoms. The van der Waals surface area contributed by atoms with Crippen molar-refractivity contribution in [3.63, 3.8) is 0 Å². The van der Waals surface area contributed by atoms with Crippen LogP contribution in [-0.4, -0.2) is 41.6 Å². The van der Waals surface area contributed by atoms with Gasteiger partial charge in [0.2, 0.25) is 5.91 Å². The molecule has 0 bridgehead atoms. The van der Waals surface area contributed by atoms with Crippen molar-refractivity contribution in [1.29, 1.82) is 0 Å². The summed E-state index contributed by atoms with van der Waals surface area (Å²) in [6.45, 7) is 2.55. The van der Waals surface area contributed by atoms with Crippen LogP contribution in [0.3, 0.4) is 0 Å². The van der Waals surface area contributed by atoms with E-state index in [1.807, 2.05) is 0 Å². The van der Waals surface area contributed by atoms with Crippen LogP contribution in [-0.2, 0) is 11.2 Å². The molecule has 1 atom stereocenters. The van der Waals surface area contributed by atoms with Gasteiger partial charge in [0.25, 0.3) is 0 Å². The molecule has 6 nitrogen and oxygen atoms in total. The van der Waals surface area contributed by atoms with Crippen LogP contribution in [0, 0.1) is 11.3 Å². The summed E-state index contributed by atoms with van der Waals surface area (Å²) in [6.07, 6.45) is 3.80. The molecule has 2 fully saturated rings. The molecular formula is C14H19N3O3S. The van der Waals surface area contributed by atoms with E-state index in [1.165, 1.54) is 16.7 Å². The lowest BCUT2D eigenvalue weighted by Crippen LogP contribution is -2.34. The molecular weight excluding hydrogens is 290 g/mol. The number of carbonyl (C=O) groups is 2. The molecule has 1 unspecified atom stereocenters. The van der Waals surface area contributed by atoms with Crippen molar-refractivity contribution < 1.29 is 14.7 Å². The number of carbonyl (C=O) groups excluding carboxylic acids is 1. The van der Waals surface area contributed by atoms with Crippen LogP contribution in [0.25, 0.3) is 0 Å². The Morgan fingerprint density at radius 3 is 2.90 bits per heavy atom. The molecule has 1 aromatic heterocycles. The molecule has 3 N–H and O–H groups in total. The summed E-state index contributed by atoms with van der Waals surface area (Å²) in [6, 6.07) is 0. The first-order valence-electron chi connectivity index (χ1n) is 7.27. The van der Waals surface area contributed by atoms with E-state index in [4.69, 9.17) is 5.11 Å². The van der Waals surface area contributed by atoms with Crippen LogP contribution in [0.4, 0.5) is 0 Å². The molecule has 3 rings (SSSR count). The Bertz CT molecular complexity index is 551. The Morgan fingerprint density at radius 1 is 1.48 bits per heavy atom. The molecule has 1 saturated carbocycles. The van der Waals surface area contributed by atoms with Gasteiger partial charge in [-0.2, -0.15) is 0 Å². The van der Waals surface area contributed by atoms with Crippen LogP contribution >= 0.6 is 11.3 Å². The number of hydrogen-bond donors (Lipinski definition) is 3.